The van der Waals surface area contributed by atoms with Crippen LogP contribution in [0.2, 0.25) is 0 Å². The topological polar surface area (TPSA) is 48.6 Å². The number of nitrogens with zero attached hydrogens (tertiary/aromatic N) is 4. The number of piperazine rings is 1. The summed E-state index contributed by atoms with van der Waals surface area (Å²) in [5, 5.41) is 0. The van der Waals surface area contributed by atoms with Crippen LogP contribution in [0.4, 0.5) is 5.82 Å². The molecule has 1 aromatic rings. The van der Waals surface area contributed by atoms with Gasteiger partial charge in [0.25, 0.3) is 0 Å². The summed E-state index contributed by atoms with van der Waals surface area (Å²) in [5.74, 6) is 0.664. The molecule has 1 aromatic heterocycles. The number of likely N-dealkylation sites (N-methyl/N-ethyl adjacent to an activating group) is 1. The van der Waals surface area contributed by atoms with Crippen molar-refractivity contribution in [3.05, 3.63) is 23.9 Å². The van der Waals surface area contributed by atoms with E-state index in [1.165, 1.54) is 0 Å². The molecule has 0 aromatic carbocycles. The summed E-state index contributed by atoms with van der Waals surface area (Å²) in [6, 6.07) is 4.03. The van der Waals surface area contributed by atoms with Gasteiger partial charge in [0.05, 0.1) is 0 Å². The van der Waals surface area contributed by atoms with Gasteiger partial charge in [-0.1, -0.05) is 6.07 Å². The van der Waals surface area contributed by atoms with E-state index < -0.39 is 0 Å². The summed E-state index contributed by atoms with van der Waals surface area (Å²) in [6.45, 7) is 7.73. The molecule has 0 unspecified atom stereocenters. The lowest BCUT2D eigenvalue weighted by molar-refractivity contribution is 0.120. The molecule has 0 spiro atoms. The van der Waals surface area contributed by atoms with Crippen LogP contribution in [0.25, 0.3) is 0 Å². The zero-order chi connectivity index (χ0) is 13.7. The predicted octanol–water partition coefficient (Wildman–Crippen LogP) is 0.343. The monoisotopic (exact) mass is 263 g/mol. The third kappa shape index (κ3) is 4.45. The first-order valence-corrected chi connectivity index (χ1v) is 6.94. The standard InChI is InChI=1S/C14H25N5/c1-17(2)6-7-18-8-10-19(11-9-18)12-13-4-3-5-16-14(13)15/h3-5H,6-12H2,1-2H3,(H2,15,16). The predicted molar refractivity (Wildman–Crippen MR) is 78.9 cm³/mol. The Labute approximate surface area is 116 Å². The van der Waals surface area contributed by atoms with Crippen LogP contribution in [-0.2, 0) is 6.54 Å². The smallest absolute Gasteiger partial charge is 0.127 e. The second-order valence-corrected chi connectivity index (χ2v) is 5.47. The summed E-state index contributed by atoms with van der Waals surface area (Å²) in [4.78, 5) is 11.4. The highest BCUT2D eigenvalue weighted by Gasteiger charge is 2.17. The molecule has 1 aliphatic rings. The largest absolute Gasteiger partial charge is 0.383 e. The number of nitrogen functional groups attached to an aromatic ring is 1. The molecule has 1 aliphatic heterocycles. The van der Waals surface area contributed by atoms with Crippen molar-refractivity contribution in [3.63, 3.8) is 0 Å². The highest BCUT2D eigenvalue weighted by molar-refractivity contribution is 5.38. The van der Waals surface area contributed by atoms with Gasteiger partial charge in [-0.25, -0.2) is 4.98 Å². The van der Waals surface area contributed by atoms with Gasteiger partial charge in [0, 0.05) is 57.6 Å². The van der Waals surface area contributed by atoms with E-state index >= 15 is 0 Å². The van der Waals surface area contributed by atoms with Crippen LogP contribution in [0, 0.1) is 0 Å². The van der Waals surface area contributed by atoms with Crippen molar-refractivity contribution in [1.82, 2.24) is 19.7 Å². The second-order valence-electron chi connectivity index (χ2n) is 5.47. The number of rotatable bonds is 5. The SMILES string of the molecule is CN(C)CCN1CCN(Cc2cccnc2N)CC1. The number of hydrogen-bond donors (Lipinski definition) is 1. The number of hydrogen-bond acceptors (Lipinski definition) is 5. The molecule has 5 nitrogen and oxygen atoms in total. The lowest BCUT2D eigenvalue weighted by Gasteiger charge is -2.35. The maximum Gasteiger partial charge on any atom is 0.127 e. The van der Waals surface area contributed by atoms with Crippen LogP contribution in [0.3, 0.4) is 0 Å². The highest BCUT2D eigenvalue weighted by atomic mass is 15.3. The normalized spacial score (nSPS) is 18.1. The number of anilines is 1. The molecule has 1 saturated heterocycles. The van der Waals surface area contributed by atoms with E-state index in [0.717, 1.165) is 51.4 Å². The van der Waals surface area contributed by atoms with E-state index in [4.69, 9.17) is 5.73 Å². The van der Waals surface area contributed by atoms with Crippen LogP contribution in [0.5, 0.6) is 0 Å². The average Bonchev–Trinajstić information content (AvgIpc) is 2.40. The number of aromatic nitrogens is 1. The van der Waals surface area contributed by atoms with Crippen molar-refractivity contribution in [2.75, 3.05) is 59.1 Å². The fourth-order valence-corrected chi connectivity index (χ4v) is 2.34. The summed E-state index contributed by atoms with van der Waals surface area (Å²) >= 11 is 0. The van der Waals surface area contributed by atoms with Crippen molar-refractivity contribution < 1.29 is 0 Å². The molecular weight excluding hydrogens is 238 g/mol. The molecule has 1 fully saturated rings. The van der Waals surface area contributed by atoms with E-state index in [0.29, 0.717) is 5.82 Å². The van der Waals surface area contributed by atoms with Crippen molar-refractivity contribution >= 4 is 5.82 Å². The Morgan fingerprint density at radius 2 is 1.89 bits per heavy atom. The van der Waals surface area contributed by atoms with Gasteiger partial charge < -0.3 is 10.6 Å². The Hall–Kier alpha value is -1.17. The fraction of sp³-hybridized carbons (Fsp3) is 0.643. The highest BCUT2D eigenvalue weighted by Crippen LogP contribution is 2.12. The Morgan fingerprint density at radius 3 is 2.53 bits per heavy atom. The third-order valence-electron chi connectivity index (χ3n) is 3.65. The summed E-state index contributed by atoms with van der Waals surface area (Å²) in [5.41, 5.74) is 7.04. The molecule has 2 heterocycles. The van der Waals surface area contributed by atoms with E-state index in [-0.39, 0.29) is 0 Å². The van der Waals surface area contributed by atoms with Gasteiger partial charge in [0.2, 0.25) is 0 Å². The maximum atomic E-state index is 5.89. The molecular formula is C14H25N5. The van der Waals surface area contributed by atoms with Crippen LogP contribution in [-0.4, -0.2) is 73.0 Å². The van der Waals surface area contributed by atoms with Crippen molar-refractivity contribution in [2.24, 2.45) is 0 Å². The number of pyridine rings is 1. The molecule has 0 bridgehead atoms. The van der Waals surface area contributed by atoms with Crippen molar-refractivity contribution in [2.45, 2.75) is 6.54 Å². The molecule has 0 saturated carbocycles. The van der Waals surface area contributed by atoms with E-state index in [2.05, 4.69) is 39.8 Å². The molecule has 5 heteroatoms. The molecule has 0 aliphatic carbocycles. The summed E-state index contributed by atoms with van der Waals surface area (Å²) in [6.07, 6.45) is 1.75. The molecule has 2 N–H and O–H groups in total. The van der Waals surface area contributed by atoms with Crippen LogP contribution >= 0.6 is 0 Å². The molecule has 0 amide bonds. The van der Waals surface area contributed by atoms with E-state index in [1.807, 2.05) is 6.07 Å². The van der Waals surface area contributed by atoms with Gasteiger partial charge >= 0.3 is 0 Å². The van der Waals surface area contributed by atoms with E-state index in [9.17, 15) is 0 Å². The van der Waals surface area contributed by atoms with Gasteiger partial charge in [0.1, 0.15) is 5.82 Å². The first-order chi connectivity index (χ1) is 9.15. The Kier molecular flexibility index (Phi) is 5.13. The Morgan fingerprint density at radius 1 is 1.21 bits per heavy atom. The minimum atomic E-state index is 0.664. The summed E-state index contributed by atoms with van der Waals surface area (Å²) < 4.78 is 0. The van der Waals surface area contributed by atoms with Gasteiger partial charge in [-0.3, -0.25) is 9.80 Å². The van der Waals surface area contributed by atoms with Crippen LogP contribution < -0.4 is 5.73 Å². The van der Waals surface area contributed by atoms with Crippen LogP contribution in [0.1, 0.15) is 5.56 Å². The zero-order valence-electron chi connectivity index (χ0n) is 12.0. The minimum Gasteiger partial charge on any atom is -0.383 e. The lowest BCUT2D eigenvalue weighted by atomic mass is 10.2. The second kappa shape index (κ2) is 6.84. The molecule has 0 radical (unpaired) electrons. The fourth-order valence-electron chi connectivity index (χ4n) is 2.34. The Balaban J connectivity index is 1.76. The molecule has 2 rings (SSSR count). The van der Waals surface area contributed by atoms with Gasteiger partial charge in [-0.05, 0) is 20.2 Å². The first-order valence-electron chi connectivity index (χ1n) is 6.94. The number of nitrogens with two attached hydrogens (primary N) is 1. The van der Waals surface area contributed by atoms with Gasteiger partial charge in [-0.2, -0.15) is 0 Å². The molecule has 0 atom stereocenters. The maximum absolute atomic E-state index is 5.89. The van der Waals surface area contributed by atoms with Gasteiger partial charge in [0.15, 0.2) is 0 Å². The van der Waals surface area contributed by atoms with Crippen LogP contribution in [0.15, 0.2) is 18.3 Å². The summed E-state index contributed by atoms with van der Waals surface area (Å²) in [7, 11) is 4.25. The minimum absolute atomic E-state index is 0.664. The quantitative estimate of drug-likeness (QED) is 0.830. The van der Waals surface area contributed by atoms with Crippen molar-refractivity contribution in [1.29, 1.82) is 0 Å². The molecule has 19 heavy (non-hydrogen) atoms. The van der Waals surface area contributed by atoms with Gasteiger partial charge in [-0.15, -0.1) is 0 Å². The van der Waals surface area contributed by atoms with Crippen molar-refractivity contribution in [3.8, 4) is 0 Å². The molecule has 106 valence electrons. The zero-order valence-corrected chi connectivity index (χ0v) is 12.0. The first kappa shape index (κ1) is 14.2. The van der Waals surface area contributed by atoms with E-state index in [1.54, 1.807) is 6.20 Å². The lowest BCUT2D eigenvalue weighted by Crippen LogP contribution is -2.47. The third-order valence-corrected chi connectivity index (χ3v) is 3.65. The average molecular weight is 263 g/mol. The Bertz CT molecular complexity index is 385.